The number of alkyl halides is 3. The zero-order valence-corrected chi connectivity index (χ0v) is 9.17. The average Bonchev–Trinajstić information content (AvgIpc) is 2.21. The van der Waals surface area contributed by atoms with Crippen molar-refractivity contribution in [1.82, 2.24) is 0 Å². The van der Waals surface area contributed by atoms with Crippen LogP contribution in [0.5, 0.6) is 0 Å². The number of benzene rings is 1. The van der Waals surface area contributed by atoms with E-state index in [4.69, 9.17) is 17.3 Å². The first-order chi connectivity index (χ1) is 8.12. The van der Waals surface area contributed by atoms with Gasteiger partial charge in [-0.1, -0.05) is 11.6 Å². The van der Waals surface area contributed by atoms with Crippen molar-refractivity contribution >= 4 is 34.6 Å². The summed E-state index contributed by atoms with van der Waals surface area (Å²) in [5, 5.41) is 11.7. The summed E-state index contributed by atoms with van der Waals surface area (Å²) in [4.78, 5) is 20.3. The van der Waals surface area contributed by atoms with Crippen LogP contribution in [0.4, 0.5) is 30.2 Å². The molecule has 0 aliphatic heterocycles. The molecule has 0 radical (unpaired) electrons. The third-order valence-electron chi connectivity index (χ3n) is 1.83. The third kappa shape index (κ3) is 3.00. The number of amides is 1. The van der Waals surface area contributed by atoms with Gasteiger partial charge in [-0.25, -0.2) is 0 Å². The number of nitro groups is 1. The van der Waals surface area contributed by atoms with E-state index in [-0.39, 0.29) is 5.02 Å². The first-order valence-corrected chi connectivity index (χ1v) is 4.62. The van der Waals surface area contributed by atoms with Gasteiger partial charge in [0, 0.05) is 11.1 Å². The second-order valence-electron chi connectivity index (χ2n) is 3.10. The number of hydrogen-bond acceptors (Lipinski definition) is 4. The van der Waals surface area contributed by atoms with Crippen molar-refractivity contribution in [3.05, 3.63) is 27.3 Å². The molecule has 0 bridgehead atoms. The fraction of sp³-hybridized carbons (Fsp3) is 0.125. The van der Waals surface area contributed by atoms with Crippen molar-refractivity contribution in [2.45, 2.75) is 6.18 Å². The normalized spacial score (nSPS) is 11.1. The van der Waals surface area contributed by atoms with E-state index in [1.54, 1.807) is 0 Å². The number of carbonyl (C=O) groups is 1. The van der Waals surface area contributed by atoms with Crippen LogP contribution in [0.1, 0.15) is 0 Å². The number of nitrogens with one attached hydrogen (secondary N) is 1. The Balaban J connectivity index is 3.18. The highest BCUT2D eigenvalue weighted by Crippen LogP contribution is 2.34. The number of nitrogen functional groups attached to an aromatic ring is 1. The van der Waals surface area contributed by atoms with Crippen molar-refractivity contribution in [2.75, 3.05) is 11.1 Å². The highest BCUT2D eigenvalue weighted by atomic mass is 35.5. The predicted molar refractivity (Wildman–Crippen MR) is 57.2 cm³/mol. The van der Waals surface area contributed by atoms with Gasteiger partial charge in [-0.3, -0.25) is 14.9 Å². The molecule has 18 heavy (non-hydrogen) atoms. The Morgan fingerprint density at radius 3 is 2.44 bits per heavy atom. The molecular formula is C8H5ClF3N3O3. The molecule has 0 atom stereocenters. The van der Waals surface area contributed by atoms with Crippen LogP contribution >= 0.6 is 11.6 Å². The lowest BCUT2D eigenvalue weighted by Gasteiger charge is -2.10. The van der Waals surface area contributed by atoms with Crippen LogP contribution in [0.15, 0.2) is 12.1 Å². The van der Waals surface area contributed by atoms with E-state index < -0.39 is 34.1 Å². The number of anilines is 2. The van der Waals surface area contributed by atoms with Crippen LogP contribution in [0.3, 0.4) is 0 Å². The summed E-state index contributed by atoms with van der Waals surface area (Å²) < 4.78 is 36.0. The van der Waals surface area contributed by atoms with Crippen LogP contribution in [0, 0.1) is 10.1 Å². The Labute approximate surface area is 103 Å². The van der Waals surface area contributed by atoms with Crippen molar-refractivity contribution in [3.8, 4) is 0 Å². The van der Waals surface area contributed by atoms with Crippen molar-refractivity contribution in [3.63, 3.8) is 0 Å². The quantitative estimate of drug-likeness (QED) is 0.494. The standard InChI is InChI=1S/C8H5ClF3N3O3/c9-3-1-4(14-7(16)8(10,11)12)6(13)5(2-3)15(17)18/h1-2H,13H2,(H,14,16). The van der Waals surface area contributed by atoms with E-state index in [9.17, 15) is 28.1 Å². The van der Waals surface area contributed by atoms with Gasteiger partial charge in [-0.2, -0.15) is 13.2 Å². The zero-order valence-electron chi connectivity index (χ0n) is 8.42. The summed E-state index contributed by atoms with van der Waals surface area (Å²) in [6.07, 6.45) is -5.14. The summed E-state index contributed by atoms with van der Waals surface area (Å²) in [6, 6.07) is 1.74. The molecule has 10 heteroatoms. The molecule has 1 aromatic carbocycles. The highest BCUT2D eigenvalue weighted by molar-refractivity contribution is 6.31. The van der Waals surface area contributed by atoms with Gasteiger partial charge < -0.3 is 11.1 Å². The molecule has 0 spiro atoms. The van der Waals surface area contributed by atoms with Crippen LogP contribution in [0.2, 0.25) is 5.02 Å². The molecule has 0 unspecified atom stereocenters. The number of halogens is 4. The zero-order chi connectivity index (χ0) is 14.1. The largest absolute Gasteiger partial charge is 0.471 e. The van der Waals surface area contributed by atoms with Crippen LogP contribution in [-0.4, -0.2) is 17.0 Å². The van der Waals surface area contributed by atoms with E-state index in [1.807, 2.05) is 0 Å². The van der Waals surface area contributed by atoms with Crippen LogP contribution < -0.4 is 11.1 Å². The van der Waals surface area contributed by atoms with Crippen molar-refractivity contribution < 1.29 is 22.9 Å². The first kappa shape index (κ1) is 14.0. The maximum atomic E-state index is 12.0. The summed E-state index contributed by atoms with van der Waals surface area (Å²) in [5.41, 5.74) is 3.39. The van der Waals surface area contributed by atoms with Gasteiger partial charge in [-0.05, 0) is 6.07 Å². The van der Waals surface area contributed by atoms with Crippen molar-refractivity contribution in [2.24, 2.45) is 0 Å². The van der Waals surface area contributed by atoms with Gasteiger partial charge in [0.15, 0.2) is 0 Å². The predicted octanol–water partition coefficient (Wildman–Crippen LogP) is 2.33. The number of hydrogen-bond donors (Lipinski definition) is 2. The second-order valence-corrected chi connectivity index (χ2v) is 3.53. The van der Waals surface area contributed by atoms with Gasteiger partial charge in [0.25, 0.3) is 5.69 Å². The Hall–Kier alpha value is -2.03. The Morgan fingerprint density at radius 2 is 2.00 bits per heavy atom. The minimum absolute atomic E-state index is 0.228. The van der Waals surface area contributed by atoms with E-state index in [0.717, 1.165) is 12.1 Å². The monoisotopic (exact) mass is 283 g/mol. The number of nitro benzene ring substituents is 1. The molecular weight excluding hydrogens is 279 g/mol. The Morgan fingerprint density at radius 1 is 1.44 bits per heavy atom. The lowest BCUT2D eigenvalue weighted by atomic mass is 10.2. The van der Waals surface area contributed by atoms with Crippen molar-refractivity contribution in [1.29, 1.82) is 0 Å². The van der Waals surface area contributed by atoms with Gasteiger partial charge in [0.1, 0.15) is 5.69 Å². The molecule has 1 aromatic rings. The maximum absolute atomic E-state index is 12.0. The molecule has 1 rings (SSSR count). The summed E-state index contributed by atoms with van der Waals surface area (Å²) in [7, 11) is 0. The van der Waals surface area contributed by atoms with E-state index >= 15 is 0 Å². The maximum Gasteiger partial charge on any atom is 0.471 e. The number of carbonyl (C=O) groups excluding carboxylic acids is 1. The molecule has 0 aliphatic carbocycles. The van der Waals surface area contributed by atoms with E-state index in [2.05, 4.69) is 0 Å². The lowest BCUT2D eigenvalue weighted by molar-refractivity contribution is -0.383. The third-order valence-corrected chi connectivity index (χ3v) is 2.04. The van der Waals surface area contributed by atoms with Gasteiger partial charge >= 0.3 is 12.1 Å². The molecule has 0 fully saturated rings. The molecule has 0 aliphatic rings. The number of rotatable bonds is 2. The minimum Gasteiger partial charge on any atom is -0.391 e. The average molecular weight is 284 g/mol. The Kier molecular flexibility index (Phi) is 3.65. The van der Waals surface area contributed by atoms with Gasteiger partial charge in [0.05, 0.1) is 10.6 Å². The molecule has 0 heterocycles. The van der Waals surface area contributed by atoms with Crippen LogP contribution in [-0.2, 0) is 4.79 Å². The lowest BCUT2D eigenvalue weighted by Crippen LogP contribution is -2.30. The summed E-state index contributed by atoms with van der Waals surface area (Å²) in [6.45, 7) is 0. The smallest absolute Gasteiger partial charge is 0.391 e. The first-order valence-electron chi connectivity index (χ1n) is 4.24. The van der Waals surface area contributed by atoms with E-state index in [1.165, 1.54) is 5.32 Å². The number of nitrogens with two attached hydrogens (primary N) is 1. The SMILES string of the molecule is Nc1c(NC(=O)C(F)(F)F)cc(Cl)cc1[N+](=O)[O-]. The fourth-order valence-corrected chi connectivity index (χ4v) is 1.26. The molecule has 0 saturated heterocycles. The summed E-state index contributed by atoms with van der Waals surface area (Å²) >= 11 is 5.47. The molecule has 1 amide bonds. The molecule has 0 aromatic heterocycles. The number of nitrogens with zero attached hydrogens (tertiary/aromatic N) is 1. The molecule has 3 N–H and O–H groups in total. The molecule has 98 valence electrons. The van der Waals surface area contributed by atoms with Gasteiger partial charge in [0.2, 0.25) is 0 Å². The molecule has 0 saturated carbocycles. The highest BCUT2D eigenvalue weighted by Gasteiger charge is 2.39. The molecule has 6 nitrogen and oxygen atoms in total. The Bertz CT molecular complexity index is 518. The van der Waals surface area contributed by atoms with Gasteiger partial charge in [-0.15, -0.1) is 0 Å². The topological polar surface area (TPSA) is 98.3 Å². The fourth-order valence-electron chi connectivity index (χ4n) is 1.05. The van der Waals surface area contributed by atoms with E-state index in [0.29, 0.717) is 0 Å². The second kappa shape index (κ2) is 4.69. The summed E-state index contributed by atoms with van der Waals surface area (Å²) in [5.74, 6) is -2.30. The minimum atomic E-state index is -5.14. The van der Waals surface area contributed by atoms with Crippen LogP contribution in [0.25, 0.3) is 0 Å².